The van der Waals surface area contributed by atoms with Crippen molar-refractivity contribution in [2.75, 3.05) is 41.0 Å². The summed E-state index contributed by atoms with van der Waals surface area (Å²) in [6.07, 6.45) is 5.27. The van der Waals surface area contributed by atoms with Crippen LogP contribution in [0.4, 0.5) is 0 Å². The first-order valence-electron chi connectivity index (χ1n) is 9.49. The van der Waals surface area contributed by atoms with Crippen LogP contribution in [0, 0.1) is 0 Å². The third kappa shape index (κ3) is 5.27. The van der Waals surface area contributed by atoms with Crippen molar-refractivity contribution >= 4 is 5.91 Å². The number of carbonyl (C=O) groups excluding carboxylic acids is 1. The third-order valence-corrected chi connectivity index (χ3v) is 5.22. The fourth-order valence-corrected chi connectivity index (χ4v) is 3.71. The van der Waals surface area contributed by atoms with E-state index in [9.17, 15) is 4.79 Å². The maximum atomic E-state index is 12.3. The minimum absolute atomic E-state index is 0.00258. The zero-order valence-corrected chi connectivity index (χ0v) is 16.5. The van der Waals surface area contributed by atoms with Crippen LogP contribution in [-0.4, -0.2) is 52.9 Å². The van der Waals surface area contributed by atoms with Crippen LogP contribution in [0.25, 0.3) is 0 Å². The molecule has 2 N–H and O–H groups in total. The molecule has 0 aromatic heterocycles. The third-order valence-electron chi connectivity index (χ3n) is 5.22. The molecule has 26 heavy (non-hydrogen) atoms. The van der Waals surface area contributed by atoms with E-state index in [1.165, 1.54) is 25.8 Å². The summed E-state index contributed by atoms with van der Waals surface area (Å²) < 4.78 is 16.1. The molecule has 0 aliphatic carbocycles. The van der Waals surface area contributed by atoms with Crippen molar-refractivity contribution < 1.29 is 23.9 Å². The summed E-state index contributed by atoms with van der Waals surface area (Å²) in [6, 6.07) is 4.39. The Labute approximate surface area is 156 Å². The number of quaternary nitrogens is 1. The summed E-state index contributed by atoms with van der Waals surface area (Å²) >= 11 is 0. The molecule has 2 atom stereocenters. The van der Waals surface area contributed by atoms with Crippen molar-refractivity contribution in [2.24, 2.45) is 0 Å². The summed E-state index contributed by atoms with van der Waals surface area (Å²) in [5.41, 5.74) is 0.790. The number of piperidine rings is 1. The lowest BCUT2D eigenvalue weighted by molar-refractivity contribution is -0.928. The first-order valence-corrected chi connectivity index (χ1v) is 9.49. The molecule has 0 spiro atoms. The highest BCUT2D eigenvalue weighted by molar-refractivity contribution is 5.80. The quantitative estimate of drug-likeness (QED) is 0.646. The van der Waals surface area contributed by atoms with E-state index in [0.29, 0.717) is 23.8 Å². The standard InChI is InChI=1S/C20H32N2O4/c1-15-8-5-6-12-22(15)13-7-11-21-18(23)14-16-9-10-17(24-2)20(26-4)19(16)25-3/h9-10,15H,5-8,11-14H2,1-4H3,(H,21,23)/p+1/t15-/m1/s1. The highest BCUT2D eigenvalue weighted by Crippen LogP contribution is 2.39. The number of benzene rings is 1. The predicted molar refractivity (Wildman–Crippen MR) is 101 cm³/mol. The second-order valence-corrected chi connectivity index (χ2v) is 6.93. The average Bonchev–Trinajstić information content (AvgIpc) is 2.65. The summed E-state index contributed by atoms with van der Waals surface area (Å²) in [6.45, 7) is 5.43. The minimum Gasteiger partial charge on any atom is -0.493 e. The number of methoxy groups -OCH3 is 3. The predicted octanol–water partition coefficient (Wildman–Crippen LogP) is 1.22. The molecule has 1 aromatic carbocycles. The number of ether oxygens (including phenoxy) is 3. The maximum Gasteiger partial charge on any atom is 0.224 e. The van der Waals surface area contributed by atoms with E-state index in [-0.39, 0.29) is 12.3 Å². The summed E-state index contributed by atoms with van der Waals surface area (Å²) in [4.78, 5) is 14.0. The van der Waals surface area contributed by atoms with Gasteiger partial charge in [0.1, 0.15) is 0 Å². The molecule has 0 bridgehead atoms. The molecular formula is C20H33N2O4+. The van der Waals surface area contributed by atoms with E-state index in [1.807, 2.05) is 6.07 Å². The fraction of sp³-hybridized carbons (Fsp3) is 0.650. The smallest absolute Gasteiger partial charge is 0.224 e. The van der Waals surface area contributed by atoms with Gasteiger partial charge < -0.3 is 24.4 Å². The Hall–Kier alpha value is -1.95. The Balaban J connectivity index is 1.84. The molecular weight excluding hydrogens is 332 g/mol. The van der Waals surface area contributed by atoms with E-state index in [4.69, 9.17) is 14.2 Å². The number of amides is 1. The normalized spacial score (nSPS) is 19.7. The van der Waals surface area contributed by atoms with Crippen LogP contribution < -0.4 is 24.4 Å². The monoisotopic (exact) mass is 365 g/mol. The molecule has 6 nitrogen and oxygen atoms in total. The van der Waals surface area contributed by atoms with Crippen LogP contribution in [0.3, 0.4) is 0 Å². The van der Waals surface area contributed by atoms with Crippen molar-refractivity contribution in [3.63, 3.8) is 0 Å². The highest BCUT2D eigenvalue weighted by atomic mass is 16.5. The van der Waals surface area contributed by atoms with E-state index in [0.717, 1.165) is 24.6 Å². The van der Waals surface area contributed by atoms with Gasteiger partial charge in [-0.2, -0.15) is 0 Å². The molecule has 1 aliphatic rings. The number of hydrogen-bond acceptors (Lipinski definition) is 4. The van der Waals surface area contributed by atoms with Gasteiger partial charge in [0.2, 0.25) is 11.7 Å². The molecule has 1 saturated heterocycles. The van der Waals surface area contributed by atoms with E-state index in [1.54, 1.807) is 32.3 Å². The fourth-order valence-electron chi connectivity index (χ4n) is 3.71. The minimum atomic E-state index is -0.00258. The first-order chi connectivity index (χ1) is 12.6. The molecule has 0 saturated carbocycles. The number of likely N-dealkylation sites (tertiary alicyclic amines) is 1. The molecule has 1 unspecified atom stereocenters. The van der Waals surface area contributed by atoms with Crippen LogP contribution in [0.1, 0.15) is 38.2 Å². The van der Waals surface area contributed by atoms with Gasteiger partial charge in [0, 0.05) is 18.5 Å². The topological polar surface area (TPSA) is 61.2 Å². The lowest BCUT2D eigenvalue weighted by Crippen LogP contribution is -3.16. The number of nitrogens with one attached hydrogen (secondary N) is 2. The van der Waals surface area contributed by atoms with E-state index in [2.05, 4.69) is 12.2 Å². The van der Waals surface area contributed by atoms with Gasteiger partial charge in [0.05, 0.1) is 46.9 Å². The van der Waals surface area contributed by atoms with Crippen molar-refractivity contribution in [2.45, 2.75) is 45.1 Å². The average molecular weight is 365 g/mol. The lowest BCUT2D eigenvalue weighted by atomic mass is 10.0. The largest absolute Gasteiger partial charge is 0.493 e. The van der Waals surface area contributed by atoms with Gasteiger partial charge in [0.25, 0.3) is 0 Å². The number of rotatable bonds is 9. The van der Waals surface area contributed by atoms with Gasteiger partial charge in [-0.3, -0.25) is 4.79 Å². The van der Waals surface area contributed by atoms with Crippen LogP contribution >= 0.6 is 0 Å². The summed E-state index contributed by atoms with van der Waals surface area (Å²) in [7, 11) is 4.71. The molecule has 146 valence electrons. The molecule has 6 heteroatoms. The zero-order chi connectivity index (χ0) is 18.9. The van der Waals surface area contributed by atoms with Gasteiger partial charge in [-0.05, 0) is 32.3 Å². The van der Waals surface area contributed by atoms with Gasteiger partial charge in [-0.15, -0.1) is 0 Å². The van der Waals surface area contributed by atoms with Crippen molar-refractivity contribution in [3.05, 3.63) is 17.7 Å². The van der Waals surface area contributed by atoms with E-state index >= 15 is 0 Å². The SMILES string of the molecule is COc1ccc(CC(=O)NCCC[NH+]2CCCC[C@H]2C)c(OC)c1OC. The Morgan fingerprint density at radius 3 is 2.58 bits per heavy atom. The Morgan fingerprint density at radius 2 is 1.92 bits per heavy atom. The molecule has 1 aliphatic heterocycles. The van der Waals surface area contributed by atoms with Crippen molar-refractivity contribution in [1.82, 2.24) is 5.32 Å². The lowest BCUT2D eigenvalue weighted by Gasteiger charge is -2.30. The second kappa shape index (κ2) is 10.3. The molecule has 1 aromatic rings. The molecule has 1 fully saturated rings. The van der Waals surface area contributed by atoms with Crippen LogP contribution in [-0.2, 0) is 11.2 Å². The van der Waals surface area contributed by atoms with Crippen molar-refractivity contribution in [3.8, 4) is 17.2 Å². The highest BCUT2D eigenvalue weighted by Gasteiger charge is 2.21. The Bertz CT molecular complexity index is 591. The second-order valence-electron chi connectivity index (χ2n) is 6.93. The van der Waals surface area contributed by atoms with Crippen LogP contribution in [0.15, 0.2) is 12.1 Å². The van der Waals surface area contributed by atoms with Crippen LogP contribution in [0.2, 0.25) is 0 Å². The molecule has 0 radical (unpaired) electrons. The summed E-state index contributed by atoms with van der Waals surface area (Å²) in [5, 5.41) is 3.02. The molecule has 2 rings (SSSR count). The van der Waals surface area contributed by atoms with Gasteiger partial charge in [0.15, 0.2) is 11.5 Å². The van der Waals surface area contributed by atoms with Crippen molar-refractivity contribution in [1.29, 1.82) is 0 Å². The Kier molecular flexibility index (Phi) is 8.04. The molecule has 1 heterocycles. The van der Waals surface area contributed by atoms with Crippen LogP contribution in [0.5, 0.6) is 17.2 Å². The van der Waals surface area contributed by atoms with Gasteiger partial charge in [-0.25, -0.2) is 0 Å². The summed E-state index contributed by atoms with van der Waals surface area (Å²) in [5.74, 6) is 1.65. The van der Waals surface area contributed by atoms with Gasteiger partial charge >= 0.3 is 0 Å². The maximum absolute atomic E-state index is 12.3. The number of carbonyl (C=O) groups is 1. The number of hydrogen-bond donors (Lipinski definition) is 2. The Morgan fingerprint density at radius 1 is 1.15 bits per heavy atom. The first kappa shape index (κ1) is 20.4. The van der Waals surface area contributed by atoms with E-state index < -0.39 is 0 Å². The zero-order valence-electron chi connectivity index (χ0n) is 16.5. The molecule has 1 amide bonds. The van der Waals surface area contributed by atoms with Gasteiger partial charge in [-0.1, -0.05) is 6.07 Å².